The molecule has 0 aliphatic heterocycles. The van der Waals surface area contributed by atoms with Crippen LogP contribution in [-0.4, -0.2) is 29.8 Å². The number of hydrogen-bond acceptors (Lipinski definition) is 1. The van der Waals surface area contributed by atoms with Crippen LogP contribution in [0, 0.1) is 5.41 Å². The highest BCUT2D eigenvalue weighted by Gasteiger charge is 2.30. The number of halogens is 2. The van der Waals surface area contributed by atoms with Crippen LogP contribution < -0.4 is 0 Å². The molecule has 84 valence electrons. The minimum atomic E-state index is -2.47. The Labute approximate surface area is 84.3 Å². The first kappa shape index (κ1) is 13.3. The number of alkyl halides is 2. The largest absolute Gasteiger partial charge is 0.334 e. The lowest BCUT2D eigenvalue weighted by Crippen LogP contribution is -2.45. The lowest BCUT2D eigenvalue weighted by molar-refractivity contribution is -0.143. The first-order chi connectivity index (χ1) is 6.16. The molecule has 0 aromatic carbocycles. The number of carbonyl (C=O) groups is 1. The Morgan fingerprint density at radius 2 is 1.71 bits per heavy atom. The van der Waals surface area contributed by atoms with Crippen LogP contribution in [0.2, 0.25) is 0 Å². The predicted octanol–water partition coefficient (Wildman–Crippen LogP) is 2.53. The molecule has 0 bridgehead atoms. The van der Waals surface area contributed by atoms with Gasteiger partial charge in [0, 0.05) is 11.5 Å². The van der Waals surface area contributed by atoms with Gasteiger partial charge in [0.1, 0.15) is 0 Å². The van der Waals surface area contributed by atoms with Crippen LogP contribution in [-0.2, 0) is 4.79 Å². The molecule has 0 unspecified atom stereocenters. The van der Waals surface area contributed by atoms with Gasteiger partial charge in [-0.1, -0.05) is 20.8 Å². The molecule has 0 heterocycles. The smallest absolute Gasteiger partial charge is 0.255 e. The van der Waals surface area contributed by atoms with Crippen LogP contribution in [0.5, 0.6) is 0 Å². The van der Waals surface area contributed by atoms with Crippen molar-refractivity contribution in [1.29, 1.82) is 0 Å². The molecule has 0 fully saturated rings. The summed E-state index contributed by atoms with van der Waals surface area (Å²) in [6.07, 6.45) is -2.47. The van der Waals surface area contributed by atoms with Crippen molar-refractivity contribution in [2.45, 2.75) is 47.1 Å². The van der Waals surface area contributed by atoms with Crippen molar-refractivity contribution in [2.75, 3.05) is 6.54 Å². The maximum absolute atomic E-state index is 12.2. The van der Waals surface area contributed by atoms with Crippen LogP contribution in [0.25, 0.3) is 0 Å². The van der Waals surface area contributed by atoms with E-state index in [1.165, 1.54) is 4.90 Å². The first-order valence-corrected chi connectivity index (χ1v) is 4.75. The first-order valence-electron chi connectivity index (χ1n) is 4.75. The normalized spacial score (nSPS) is 12.4. The molecule has 0 saturated carbocycles. The molecule has 0 aliphatic carbocycles. The van der Waals surface area contributed by atoms with E-state index in [2.05, 4.69) is 0 Å². The van der Waals surface area contributed by atoms with E-state index in [1.807, 2.05) is 0 Å². The molecule has 0 aromatic rings. The lowest BCUT2D eigenvalue weighted by Gasteiger charge is -2.32. The van der Waals surface area contributed by atoms with E-state index in [0.717, 1.165) is 0 Å². The topological polar surface area (TPSA) is 20.3 Å². The summed E-state index contributed by atoms with van der Waals surface area (Å²) in [6.45, 7) is 8.20. The van der Waals surface area contributed by atoms with E-state index in [1.54, 1.807) is 34.6 Å². The van der Waals surface area contributed by atoms with Gasteiger partial charge in [-0.25, -0.2) is 8.78 Å². The van der Waals surface area contributed by atoms with Crippen molar-refractivity contribution in [1.82, 2.24) is 4.90 Å². The van der Waals surface area contributed by atoms with Crippen LogP contribution in [0.4, 0.5) is 8.78 Å². The van der Waals surface area contributed by atoms with E-state index in [0.29, 0.717) is 0 Å². The third-order valence-electron chi connectivity index (χ3n) is 1.86. The van der Waals surface area contributed by atoms with E-state index in [4.69, 9.17) is 0 Å². The Kier molecular flexibility index (Phi) is 4.49. The van der Waals surface area contributed by atoms with Gasteiger partial charge in [-0.2, -0.15) is 0 Å². The van der Waals surface area contributed by atoms with Gasteiger partial charge in [-0.3, -0.25) is 4.79 Å². The zero-order valence-corrected chi connectivity index (χ0v) is 9.47. The van der Waals surface area contributed by atoms with Gasteiger partial charge in [0.25, 0.3) is 6.43 Å². The fourth-order valence-corrected chi connectivity index (χ4v) is 1.11. The van der Waals surface area contributed by atoms with Gasteiger partial charge in [-0.05, 0) is 13.8 Å². The van der Waals surface area contributed by atoms with E-state index >= 15 is 0 Å². The molecule has 0 rings (SSSR count). The highest BCUT2D eigenvalue weighted by Crippen LogP contribution is 2.19. The number of hydrogen-bond donors (Lipinski definition) is 0. The van der Waals surface area contributed by atoms with Crippen molar-refractivity contribution in [3.63, 3.8) is 0 Å². The maximum atomic E-state index is 12.2. The molecule has 0 N–H and O–H groups in total. The molecule has 0 aromatic heterocycles. The molecule has 0 saturated heterocycles. The summed E-state index contributed by atoms with van der Waals surface area (Å²) in [6, 6.07) is -0.185. The lowest BCUT2D eigenvalue weighted by atomic mass is 9.94. The number of nitrogens with zero attached hydrogens (tertiary/aromatic N) is 1. The van der Waals surface area contributed by atoms with Crippen LogP contribution in [0.15, 0.2) is 0 Å². The van der Waals surface area contributed by atoms with Gasteiger partial charge < -0.3 is 4.90 Å². The second-order valence-corrected chi connectivity index (χ2v) is 4.69. The average molecular weight is 207 g/mol. The summed E-state index contributed by atoms with van der Waals surface area (Å²) in [5, 5.41) is 0. The maximum Gasteiger partial charge on any atom is 0.255 e. The molecule has 1 amide bonds. The quantitative estimate of drug-likeness (QED) is 0.696. The van der Waals surface area contributed by atoms with Crippen LogP contribution in [0.1, 0.15) is 34.6 Å². The summed E-state index contributed by atoms with van der Waals surface area (Å²) in [5.74, 6) is -0.229. The second-order valence-electron chi connectivity index (χ2n) is 4.69. The van der Waals surface area contributed by atoms with Gasteiger partial charge in [-0.15, -0.1) is 0 Å². The number of rotatable bonds is 3. The van der Waals surface area contributed by atoms with Crippen LogP contribution in [0.3, 0.4) is 0 Å². The Bertz CT molecular complexity index is 197. The number of carbonyl (C=O) groups excluding carboxylic acids is 1. The van der Waals surface area contributed by atoms with Crippen molar-refractivity contribution < 1.29 is 13.6 Å². The second kappa shape index (κ2) is 4.71. The van der Waals surface area contributed by atoms with Gasteiger partial charge in [0.2, 0.25) is 5.91 Å². The average Bonchev–Trinajstić information content (AvgIpc) is 1.96. The molecule has 0 radical (unpaired) electrons. The molecule has 2 nitrogen and oxygen atoms in total. The SMILES string of the molecule is CC(C)N(CC(F)F)C(=O)C(C)(C)C. The third kappa shape index (κ3) is 4.03. The molecule has 0 spiro atoms. The Morgan fingerprint density at radius 3 is 1.93 bits per heavy atom. The predicted molar refractivity (Wildman–Crippen MR) is 52.3 cm³/mol. The molecule has 14 heavy (non-hydrogen) atoms. The van der Waals surface area contributed by atoms with E-state index in [-0.39, 0.29) is 11.9 Å². The Balaban J connectivity index is 4.59. The molecule has 0 atom stereocenters. The van der Waals surface area contributed by atoms with E-state index < -0.39 is 18.4 Å². The third-order valence-corrected chi connectivity index (χ3v) is 1.86. The van der Waals surface area contributed by atoms with Crippen molar-refractivity contribution in [3.8, 4) is 0 Å². The van der Waals surface area contributed by atoms with E-state index in [9.17, 15) is 13.6 Å². The van der Waals surface area contributed by atoms with Crippen molar-refractivity contribution >= 4 is 5.91 Å². The molecule has 0 aliphatic rings. The van der Waals surface area contributed by atoms with Gasteiger partial charge in [0.05, 0.1) is 6.54 Å². The highest BCUT2D eigenvalue weighted by atomic mass is 19.3. The number of amides is 1. The minimum absolute atomic E-state index is 0.185. The summed E-state index contributed by atoms with van der Waals surface area (Å²) >= 11 is 0. The Morgan fingerprint density at radius 1 is 1.29 bits per heavy atom. The van der Waals surface area contributed by atoms with Crippen LogP contribution >= 0.6 is 0 Å². The summed E-state index contributed by atoms with van der Waals surface area (Å²) in [4.78, 5) is 13.0. The fraction of sp³-hybridized carbons (Fsp3) is 0.900. The Hall–Kier alpha value is -0.670. The van der Waals surface area contributed by atoms with Crippen molar-refractivity contribution in [2.24, 2.45) is 5.41 Å². The van der Waals surface area contributed by atoms with Gasteiger partial charge >= 0.3 is 0 Å². The summed E-state index contributed by atoms with van der Waals surface area (Å²) < 4.78 is 24.4. The van der Waals surface area contributed by atoms with Gasteiger partial charge in [0.15, 0.2) is 0 Å². The zero-order chi connectivity index (χ0) is 11.5. The highest BCUT2D eigenvalue weighted by molar-refractivity contribution is 5.81. The monoisotopic (exact) mass is 207 g/mol. The van der Waals surface area contributed by atoms with Crippen molar-refractivity contribution in [3.05, 3.63) is 0 Å². The standard InChI is InChI=1S/C10H19F2NO/c1-7(2)13(6-8(11)12)9(14)10(3,4)5/h7-8H,6H2,1-5H3. The zero-order valence-electron chi connectivity index (χ0n) is 9.47. The fourth-order valence-electron chi connectivity index (χ4n) is 1.11. The molecular weight excluding hydrogens is 188 g/mol. The minimum Gasteiger partial charge on any atom is -0.334 e. The molecular formula is C10H19F2NO. The molecule has 4 heteroatoms. The summed E-state index contributed by atoms with van der Waals surface area (Å²) in [5.41, 5.74) is -0.598. The summed E-state index contributed by atoms with van der Waals surface area (Å²) in [7, 11) is 0.